The van der Waals surface area contributed by atoms with Gasteiger partial charge in [-0.1, -0.05) is 76.8 Å². The summed E-state index contributed by atoms with van der Waals surface area (Å²) in [4.78, 5) is 25.0. The van der Waals surface area contributed by atoms with Gasteiger partial charge in [0, 0.05) is 40.0 Å². The quantitative estimate of drug-likeness (QED) is 0.0630. The fourth-order valence-corrected chi connectivity index (χ4v) is 5.79. The van der Waals surface area contributed by atoms with E-state index < -0.39 is 40.5 Å². The maximum absolute atomic E-state index is 13.2. The van der Waals surface area contributed by atoms with Crippen molar-refractivity contribution in [2.75, 3.05) is 13.4 Å². The number of rotatable bonds is 17. The Bertz CT molecular complexity index is 891. The van der Waals surface area contributed by atoms with Crippen molar-refractivity contribution < 1.29 is 33.0 Å². The molecule has 39 heavy (non-hydrogen) atoms. The summed E-state index contributed by atoms with van der Waals surface area (Å²) >= 11 is 0. The van der Waals surface area contributed by atoms with Gasteiger partial charge in [0.2, 0.25) is 6.10 Å². The minimum Gasteiger partial charge on any atom is -0.459 e. The summed E-state index contributed by atoms with van der Waals surface area (Å²) in [7, 11) is -3.31. The monoisotopic (exact) mass is 580 g/mol. The Labute approximate surface area is 238 Å². The Morgan fingerprint density at radius 2 is 1.64 bits per heavy atom. The number of carbonyl (C=O) groups is 2. The van der Waals surface area contributed by atoms with Crippen molar-refractivity contribution in [1.82, 2.24) is 0 Å². The van der Waals surface area contributed by atoms with Crippen LogP contribution in [0.1, 0.15) is 59.1 Å². The molecular formula is C30H52O7Si2. The normalized spacial score (nSPS) is 15.6. The van der Waals surface area contributed by atoms with Gasteiger partial charge in [0.25, 0.3) is 0 Å². The third kappa shape index (κ3) is 13.4. The van der Waals surface area contributed by atoms with E-state index in [9.17, 15) is 9.59 Å². The molecule has 1 aromatic carbocycles. The summed E-state index contributed by atoms with van der Waals surface area (Å²) in [6.45, 7) is 25.8. The maximum Gasteiger partial charge on any atom is 0.352 e. The molecule has 0 bridgehead atoms. The average Bonchev–Trinajstić information content (AvgIpc) is 2.80. The lowest BCUT2D eigenvalue weighted by Crippen LogP contribution is -2.47. The minimum atomic E-state index is -2.09. The molecule has 0 spiro atoms. The van der Waals surface area contributed by atoms with Crippen LogP contribution in [0.4, 0.5) is 0 Å². The van der Waals surface area contributed by atoms with Gasteiger partial charge in [-0.25, -0.2) is 4.79 Å². The summed E-state index contributed by atoms with van der Waals surface area (Å²) in [5.74, 6) is -1.19. The van der Waals surface area contributed by atoms with Crippen LogP contribution in [0, 0.1) is 0 Å². The first-order valence-corrected chi connectivity index (χ1v) is 20.5. The third-order valence-corrected chi connectivity index (χ3v) is 13.3. The van der Waals surface area contributed by atoms with E-state index in [0.717, 1.165) is 6.04 Å². The zero-order valence-corrected chi connectivity index (χ0v) is 27.9. The molecule has 0 saturated carbocycles. The largest absolute Gasteiger partial charge is 0.459 e. The summed E-state index contributed by atoms with van der Waals surface area (Å²) in [5.41, 5.74) is 0.549. The summed E-state index contributed by atoms with van der Waals surface area (Å²) < 4.78 is 30.0. The first-order valence-electron chi connectivity index (χ1n) is 13.9. The van der Waals surface area contributed by atoms with E-state index in [1.807, 2.05) is 13.0 Å². The predicted octanol–water partition coefficient (Wildman–Crippen LogP) is 7.28. The van der Waals surface area contributed by atoms with Crippen LogP contribution in [0.3, 0.4) is 0 Å². The van der Waals surface area contributed by atoms with Crippen LogP contribution in [0.5, 0.6) is 0 Å². The topological polar surface area (TPSA) is 80.3 Å². The molecule has 222 valence electrons. The maximum atomic E-state index is 13.2. The van der Waals surface area contributed by atoms with Crippen LogP contribution < -0.4 is 0 Å². The number of hydrogen-bond acceptors (Lipinski definition) is 7. The van der Waals surface area contributed by atoms with Crippen molar-refractivity contribution in [3.63, 3.8) is 0 Å². The molecule has 7 nitrogen and oxygen atoms in total. The van der Waals surface area contributed by atoms with E-state index in [2.05, 4.69) is 60.1 Å². The van der Waals surface area contributed by atoms with Crippen molar-refractivity contribution in [2.45, 2.75) is 116 Å². The highest BCUT2D eigenvalue weighted by molar-refractivity contribution is 6.76. The molecule has 0 amide bonds. The van der Waals surface area contributed by atoms with Crippen molar-refractivity contribution in [2.24, 2.45) is 0 Å². The molecule has 0 saturated heterocycles. The number of esters is 2. The van der Waals surface area contributed by atoms with E-state index in [1.54, 1.807) is 30.3 Å². The average molecular weight is 581 g/mol. The summed E-state index contributed by atoms with van der Waals surface area (Å²) in [5, 5.41) is 0.0273. The van der Waals surface area contributed by atoms with Crippen molar-refractivity contribution in [3.8, 4) is 0 Å². The number of benzene rings is 1. The van der Waals surface area contributed by atoms with Gasteiger partial charge in [0.05, 0.1) is 12.2 Å². The Morgan fingerprint density at radius 1 is 1.03 bits per heavy atom. The van der Waals surface area contributed by atoms with Gasteiger partial charge < -0.3 is 23.4 Å². The number of hydrogen-bond donors (Lipinski definition) is 0. The van der Waals surface area contributed by atoms with Gasteiger partial charge in [-0.15, -0.1) is 6.58 Å². The SMILES string of the molecule is C=CC[C@@H](C[C@@H](OCOCC[Si](C)(C)C)[C@@H](C)O[Si](C)(C)C(C)(C)C)OC(=O)[C@H](OC(C)=O)c1ccccc1. The molecule has 0 aliphatic carbocycles. The molecular weight excluding hydrogens is 528 g/mol. The van der Waals surface area contributed by atoms with Gasteiger partial charge in [-0.3, -0.25) is 4.79 Å². The Morgan fingerprint density at radius 3 is 2.15 bits per heavy atom. The second-order valence-electron chi connectivity index (χ2n) is 12.8. The van der Waals surface area contributed by atoms with Crippen LogP contribution in [0.25, 0.3) is 0 Å². The Kier molecular flexibility index (Phi) is 14.3. The van der Waals surface area contributed by atoms with Crippen molar-refractivity contribution in [1.29, 1.82) is 0 Å². The highest BCUT2D eigenvalue weighted by Crippen LogP contribution is 2.38. The van der Waals surface area contributed by atoms with E-state index in [4.69, 9.17) is 23.4 Å². The fourth-order valence-electron chi connectivity index (χ4n) is 3.59. The van der Waals surface area contributed by atoms with Gasteiger partial charge in [0.1, 0.15) is 12.9 Å². The standard InChI is InChI=1S/C30H52O7Si2/c1-12-16-26(36-29(32)28(35-24(3)31)25-17-14-13-15-18-25)21-27(34-22-33-19-20-38(7,8)9)23(2)37-39(10,11)30(4,5)6/h12-15,17-18,23,26-28H,1,16,19-22H2,2-11H3/t23-,26+,27-,28-/m1/s1. The number of ether oxygens (including phenoxy) is 4. The Balaban J connectivity index is 3.08. The molecule has 1 aromatic rings. The lowest BCUT2D eigenvalue weighted by atomic mass is 10.0. The van der Waals surface area contributed by atoms with Crippen LogP contribution in [0.2, 0.25) is 43.8 Å². The van der Waals surface area contributed by atoms with Crippen LogP contribution >= 0.6 is 0 Å². The molecule has 0 aliphatic rings. The predicted molar refractivity (Wildman–Crippen MR) is 162 cm³/mol. The molecule has 4 atom stereocenters. The first-order chi connectivity index (χ1) is 18.0. The first kappa shape index (κ1) is 35.2. The summed E-state index contributed by atoms with van der Waals surface area (Å²) in [6, 6.07) is 9.91. The van der Waals surface area contributed by atoms with Crippen LogP contribution in [-0.2, 0) is 33.0 Å². The van der Waals surface area contributed by atoms with Crippen LogP contribution in [0.15, 0.2) is 43.0 Å². The molecule has 0 fully saturated rings. The van der Waals surface area contributed by atoms with E-state index >= 15 is 0 Å². The lowest BCUT2D eigenvalue weighted by Gasteiger charge is -2.40. The molecule has 1 rings (SSSR count). The zero-order valence-electron chi connectivity index (χ0n) is 25.9. The molecule has 0 aliphatic heterocycles. The van der Waals surface area contributed by atoms with Crippen LogP contribution in [-0.4, -0.2) is 60.0 Å². The molecule has 0 unspecified atom stereocenters. The summed E-state index contributed by atoms with van der Waals surface area (Å²) in [6.07, 6.45) is 0.171. The van der Waals surface area contributed by atoms with Crippen molar-refractivity contribution in [3.05, 3.63) is 48.6 Å². The van der Waals surface area contributed by atoms with E-state index in [-0.39, 0.29) is 24.0 Å². The molecule has 0 N–H and O–H groups in total. The minimum absolute atomic E-state index is 0.0273. The van der Waals surface area contributed by atoms with Gasteiger partial charge in [-0.05, 0) is 31.1 Å². The highest BCUT2D eigenvalue weighted by atomic mass is 28.4. The molecule has 9 heteroatoms. The zero-order chi connectivity index (χ0) is 29.9. The molecule has 0 aromatic heterocycles. The van der Waals surface area contributed by atoms with Crippen molar-refractivity contribution >= 4 is 28.3 Å². The third-order valence-electron chi connectivity index (χ3n) is 6.98. The molecule has 0 heterocycles. The van der Waals surface area contributed by atoms with Gasteiger partial charge in [-0.2, -0.15) is 0 Å². The van der Waals surface area contributed by atoms with E-state index in [0.29, 0.717) is 25.0 Å². The van der Waals surface area contributed by atoms with Gasteiger partial charge in [0.15, 0.2) is 8.32 Å². The highest BCUT2D eigenvalue weighted by Gasteiger charge is 2.40. The van der Waals surface area contributed by atoms with E-state index in [1.165, 1.54) is 6.92 Å². The number of carbonyl (C=O) groups excluding carboxylic acids is 2. The smallest absolute Gasteiger partial charge is 0.352 e. The Hall–Kier alpha value is -1.79. The second-order valence-corrected chi connectivity index (χ2v) is 23.2. The second kappa shape index (κ2) is 15.9. The lowest BCUT2D eigenvalue weighted by molar-refractivity contribution is -0.174. The molecule has 0 radical (unpaired) electrons. The van der Waals surface area contributed by atoms with Gasteiger partial charge >= 0.3 is 11.9 Å². The fraction of sp³-hybridized carbons (Fsp3) is 0.667.